The fourth-order valence-corrected chi connectivity index (χ4v) is 2.78. The van der Waals surface area contributed by atoms with Crippen molar-refractivity contribution in [3.63, 3.8) is 0 Å². The first kappa shape index (κ1) is 32.5. The highest BCUT2D eigenvalue weighted by atomic mass is 35.5. The zero-order valence-corrected chi connectivity index (χ0v) is 19.6. The number of rotatable bonds is 9. The van der Waals surface area contributed by atoms with E-state index < -0.39 is 48.7 Å². The molecule has 0 spiro atoms. The molecule has 2 aromatic rings. The van der Waals surface area contributed by atoms with E-state index in [9.17, 15) is 23.1 Å². The third-order valence-electron chi connectivity index (χ3n) is 4.67. The number of pyridine rings is 1. The van der Waals surface area contributed by atoms with E-state index in [0.29, 0.717) is 0 Å². The Morgan fingerprint density at radius 1 is 1.06 bits per heavy atom. The molecule has 198 valence electrons. The topological polar surface area (TPSA) is 175 Å². The van der Waals surface area contributed by atoms with E-state index in [0.717, 1.165) is 6.07 Å². The number of hydrogen-bond acceptors (Lipinski definition) is 9. The average molecular weight is 528 g/mol. The molecule has 0 saturated heterocycles. The molecule has 0 radical (unpaired) electrons. The summed E-state index contributed by atoms with van der Waals surface area (Å²) in [5, 5.41) is 59.2. The largest absolute Gasteiger partial charge is 0.478 e. The van der Waals surface area contributed by atoms with Crippen LogP contribution in [0.1, 0.15) is 21.5 Å². The second kappa shape index (κ2) is 14.8. The number of alkyl halides is 3. The van der Waals surface area contributed by atoms with Crippen molar-refractivity contribution in [2.75, 3.05) is 25.5 Å². The summed E-state index contributed by atoms with van der Waals surface area (Å²) in [4.78, 5) is 14.9. The first-order chi connectivity index (χ1) is 15.8. The van der Waals surface area contributed by atoms with Crippen molar-refractivity contribution in [1.82, 2.24) is 10.3 Å². The number of nitrogens with one attached hydrogen (secondary N) is 2. The predicted octanol–water partition coefficient (Wildman–Crippen LogP) is 0.914. The van der Waals surface area contributed by atoms with Crippen LogP contribution in [0.25, 0.3) is 0 Å². The minimum Gasteiger partial charge on any atom is -0.478 e. The van der Waals surface area contributed by atoms with Gasteiger partial charge in [-0.2, -0.15) is 13.2 Å². The number of carboxylic acid groups (broad SMARTS) is 1. The molecule has 2 rings (SSSR count). The summed E-state index contributed by atoms with van der Waals surface area (Å²) in [6.07, 6.45) is -8.76. The summed E-state index contributed by atoms with van der Waals surface area (Å²) in [5.41, 5.74) is -0.757. The highest BCUT2D eigenvalue weighted by Crippen LogP contribution is 2.35. The molecule has 35 heavy (non-hydrogen) atoms. The maximum Gasteiger partial charge on any atom is 0.416 e. The zero-order valence-electron chi connectivity index (χ0n) is 18.8. The molecule has 0 bridgehead atoms. The predicted molar refractivity (Wildman–Crippen MR) is 123 cm³/mol. The number of aliphatic hydroxyl groups excluding tert-OH is 5. The molecule has 4 atom stereocenters. The van der Waals surface area contributed by atoms with Crippen molar-refractivity contribution < 1.29 is 48.6 Å². The fraction of sp³-hybridized carbons (Fsp3) is 0.429. The first-order valence-corrected chi connectivity index (χ1v) is 9.94. The average Bonchev–Trinajstić information content (AvgIpc) is 2.78. The van der Waals surface area contributed by atoms with E-state index in [4.69, 9.17) is 25.5 Å². The van der Waals surface area contributed by atoms with Crippen LogP contribution in [0, 0.1) is 6.92 Å². The van der Waals surface area contributed by atoms with Gasteiger partial charge in [-0.05, 0) is 43.8 Å². The molecule has 0 aliphatic heterocycles. The third kappa shape index (κ3) is 9.57. The van der Waals surface area contributed by atoms with Crippen LogP contribution in [0.5, 0.6) is 0 Å². The Labute approximate surface area is 205 Å². The maximum atomic E-state index is 12.8. The molecule has 1 aromatic carbocycles. The summed E-state index contributed by atoms with van der Waals surface area (Å²) < 4.78 is 38.5. The molecule has 0 aliphatic carbocycles. The molecule has 0 unspecified atom stereocenters. The van der Waals surface area contributed by atoms with Gasteiger partial charge in [-0.25, -0.2) is 9.78 Å². The standard InChI is InChI=1S/C14H11F3N2O2.C7H17NO5.ClH/c1-8-10(14(15,16)17)5-2-6-11(8)19-12-9(13(20)21)4-3-7-18-12;1-8-2-4(10)6(12)7(13)5(11)3-9;/h2-7H,1H3,(H,18,19)(H,20,21);4-13H,2-3H2,1H3;1H/t;4-,5+,6+,7+;/m.0./s1. The number of hydrogen-bond donors (Lipinski definition) is 8. The van der Waals surface area contributed by atoms with Gasteiger partial charge in [-0.15, -0.1) is 12.4 Å². The van der Waals surface area contributed by atoms with Crippen LogP contribution in [-0.2, 0) is 6.18 Å². The van der Waals surface area contributed by atoms with Crippen molar-refractivity contribution in [3.05, 3.63) is 53.2 Å². The Morgan fingerprint density at radius 2 is 1.66 bits per heavy atom. The molecule has 0 saturated carbocycles. The van der Waals surface area contributed by atoms with Gasteiger partial charge in [0.15, 0.2) is 0 Å². The molecule has 14 heteroatoms. The van der Waals surface area contributed by atoms with Crippen molar-refractivity contribution >= 4 is 29.9 Å². The number of aromatic nitrogens is 1. The molecule has 1 aromatic heterocycles. The quantitative estimate of drug-likeness (QED) is 0.234. The van der Waals surface area contributed by atoms with E-state index >= 15 is 0 Å². The van der Waals surface area contributed by atoms with E-state index in [2.05, 4.69) is 15.6 Å². The number of benzene rings is 1. The minimum atomic E-state index is -4.47. The van der Waals surface area contributed by atoms with Gasteiger partial charge in [-0.3, -0.25) is 0 Å². The number of carboxylic acids is 1. The Morgan fingerprint density at radius 3 is 2.17 bits per heavy atom. The number of aromatic carboxylic acids is 1. The van der Waals surface area contributed by atoms with Gasteiger partial charge in [0.25, 0.3) is 0 Å². The van der Waals surface area contributed by atoms with Crippen LogP contribution in [0.3, 0.4) is 0 Å². The monoisotopic (exact) mass is 527 g/mol. The van der Waals surface area contributed by atoms with Gasteiger partial charge >= 0.3 is 12.1 Å². The second-order valence-corrected chi connectivity index (χ2v) is 7.16. The molecule has 0 fully saturated rings. The highest BCUT2D eigenvalue weighted by Gasteiger charge is 2.33. The van der Waals surface area contributed by atoms with Crippen molar-refractivity contribution in [2.24, 2.45) is 0 Å². The van der Waals surface area contributed by atoms with E-state index in [1.807, 2.05) is 0 Å². The maximum absolute atomic E-state index is 12.8. The number of likely N-dealkylation sites (N-methyl/N-ethyl adjacent to an activating group) is 1. The van der Waals surface area contributed by atoms with Gasteiger partial charge in [-0.1, -0.05) is 6.07 Å². The lowest BCUT2D eigenvalue weighted by Gasteiger charge is -2.25. The fourth-order valence-electron chi connectivity index (χ4n) is 2.78. The highest BCUT2D eigenvalue weighted by molar-refractivity contribution is 5.94. The lowest BCUT2D eigenvalue weighted by atomic mass is 10.0. The van der Waals surface area contributed by atoms with E-state index in [1.54, 1.807) is 7.05 Å². The number of halogens is 4. The van der Waals surface area contributed by atoms with Crippen molar-refractivity contribution in [3.8, 4) is 0 Å². The molecule has 10 nitrogen and oxygen atoms in total. The Hall–Kier alpha value is -2.52. The number of nitrogens with zero attached hydrogens (tertiary/aromatic N) is 1. The van der Waals surface area contributed by atoms with Crippen LogP contribution in [0.4, 0.5) is 24.7 Å². The molecule has 0 aliphatic rings. The van der Waals surface area contributed by atoms with Crippen molar-refractivity contribution in [2.45, 2.75) is 37.5 Å². The molecule has 1 heterocycles. The summed E-state index contributed by atoms with van der Waals surface area (Å²) in [7, 11) is 1.57. The number of aliphatic hydroxyl groups is 5. The molecular weight excluding hydrogens is 499 g/mol. The number of carbonyl (C=O) groups is 1. The molecular formula is C21H29ClF3N3O7. The number of anilines is 2. The summed E-state index contributed by atoms with van der Waals surface area (Å²) in [5.74, 6) is -1.22. The molecule has 0 amide bonds. The Balaban J connectivity index is 0.000000720. The summed E-state index contributed by atoms with van der Waals surface area (Å²) in [6.45, 7) is 0.745. The van der Waals surface area contributed by atoms with Crippen LogP contribution >= 0.6 is 12.4 Å². The first-order valence-electron chi connectivity index (χ1n) is 9.94. The van der Waals surface area contributed by atoms with Crippen LogP contribution in [0.2, 0.25) is 0 Å². The van der Waals surface area contributed by atoms with Gasteiger partial charge in [0.2, 0.25) is 0 Å². The van der Waals surface area contributed by atoms with Crippen LogP contribution < -0.4 is 10.6 Å². The zero-order chi connectivity index (χ0) is 26.1. The lowest BCUT2D eigenvalue weighted by Crippen LogP contribution is -2.48. The normalized spacial score (nSPS) is 14.5. The smallest absolute Gasteiger partial charge is 0.416 e. The summed E-state index contributed by atoms with van der Waals surface area (Å²) >= 11 is 0. The van der Waals surface area contributed by atoms with Gasteiger partial charge in [0.1, 0.15) is 29.7 Å². The lowest BCUT2D eigenvalue weighted by molar-refractivity contribution is -0.138. The minimum absolute atomic E-state index is 0. The van der Waals surface area contributed by atoms with Gasteiger partial charge < -0.3 is 41.3 Å². The Kier molecular flexibility index (Phi) is 13.7. The SMILES string of the molecule is CNC[C@H](O)[C@@H](O)[C@H](O)[C@H](O)CO.Cc1c(Nc2ncccc2C(=O)O)cccc1C(F)(F)F.Cl. The van der Waals surface area contributed by atoms with Gasteiger partial charge in [0, 0.05) is 18.4 Å². The van der Waals surface area contributed by atoms with Crippen LogP contribution in [-0.4, -0.2) is 86.2 Å². The Bertz CT molecular complexity index is 937. The van der Waals surface area contributed by atoms with Crippen LogP contribution in [0.15, 0.2) is 36.5 Å². The van der Waals surface area contributed by atoms with E-state index in [1.165, 1.54) is 37.4 Å². The van der Waals surface area contributed by atoms with Gasteiger partial charge in [0.05, 0.1) is 18.3 Å². The van der Waals surface area contributed by atoms with Crippen molar-refractivity contribution in [1.29, 1.82) is 0 Å². The third-order valence-corrected chi connectivity index (χ3v) is 4.67. The second-order valence-electron chi connectivity index (χ2n) is 7.16. The summed E-state index contributed by atoms with van der Waals surface area (Å²) in [6, 6.07) is 6.41. The van der Waals surface area contributed by atoms with E-state index in [-0.39, 0.29) is 41.6 Å². The molecule has 8 N–H and O–H groups in total.